The standard InChI is InChI=1S/C9H20NO/c1-2-3-7-10-8-5-4-6-9-11/h10-11H,1-9H2. The van der Waals surface area contributed by atoms with Crippen LogP contribution in [-0.2, 0) is 0 Å². The van der Waals surface area contributed by atoms with Gasteiger partial charge in [-0.1, -0.05) is 13.3 Å². The summed E-state index contributed by atoms with van der Waals surface area (Å²) in [5, 5.41) is 11.8. The van der Waals surface area contributed by atoms with Crippen molar-refractivity contribution < 1.29 is 5.11 Å². The van der Waals surface area contributed by atoms with Crippen molar-refractivity contribution in [2.24, 2.45) is 0 Å². The number of unbranched alkanes of at least 4 members (excludes halogenated alkanes) is 3. The lowest BCUT2D eigenvalue weighted by molar-refractivity contribution is 0.283. The normalized spacial score (nSPS) is 10.4. The molecule has 0 fully saturated rings. The zero-order valence-corrected chi connectivity index (χ0v) is 7.31. The minimum atomic E-state index is 0.332. The molecule has 0 atom stereocenters. The molecular weight excluding hydrogens is 138 g/mol. The molecule has 0 unspecified atom stereocenters. The number of aliphatic hydroxyl groups excluding tert-OH is 1. The molecule has 0 spiro atoms. The van der Waals surface area contributed by atoms with Gasteiger partial charge in [0.2, 0.25) is 0 Å². The van der Waals surface area contributed by atoms with E-state index in [4.69, 9.17) is 5.11 Å². The largest absolute Gasteiger partial charge is 0.396 e. The summed E-state index contributed by atoms with van der Waals surface area (Å²) in [5.74, 6) is 0. The van der Waals surface area contributed by atoms with Crippen LogP contribution in [-0.4, -0.2) is 24.8 Å². The van der Waals surface area contributed by atoms with Gasteiger partial charge in [-0.15, -0.1) is 0 Å². The first kappa shape index (κ1) is 10.9. The van der Waals surface area contributed by atoms with Crippen molar-refractivity contribution in [1.82, 2.24) is 5.32 Å². The van der Waals surface area contributed by atoms with Crippen molar-refractivity contribution in [3.8, 4) is 0 Å². The maximum atomic E-state index is 8.48. The lowest BCUT2D eigenvalue weighted by Crippen LogP contribution is -2.16. The molecule has 0 aromatic heterocycles. The van der Waals surface area contributed by atoms with Gasteiger partial charge < -0.3 is 10.4 Å². The third-order valence-electron chi connectivity index (χ3n) is 1.62. The van der Waals surface area contributed by atoms with Crippen LogP contribution in [0.1, 0.15) is 32.1 Å². The molecule has 2 nitrogen and oxygen atoms in total. The Morgan fingerprint density at radius 1 is 1.00 bits per heavy atom. The van der Waals surface area contributed by atoms with E-state index in [2.05, 4.69) is 12.2 Å². The molecule has 0 aromatic rings. The topological polar surface area (TPSA) is 32.3 Å². The van der Waals surface area contributed by atoms with Crippen LogP contribution in [0.25, 0.3) is 0 Å². The second kappa shape index (κ2) is 9.92. The Hall–Kier alpha value is -0.0800. The minimum Gasteiger partial charge on any atom is -0.396 e. The van der Waals surface area contributed by atoms with Crippen LogP contribution in [0.2, 0.25) is 0 Å². The van der Waals surface area contributed by atoms with E-state index >= 15 is 0 Å². The third-order valence-corrected chi connectivity index (χ3v) is 1.62. The highest BCUT2D eigenvalue weighted by Crippen LogP contribution is 1.92. The summed E-state index contributed by atoms with van der Waals surface area (Å²) < 4.78 is 0. The van der Waals surface area contributed by atoms with Gasteiger partial charge in [0.15, 0.2) is 0 Å². The summed E-state index contributed by atoms with van der Waals surface area (Å²) >= 11 is 0. The summed E-state index contributed by atoms with van der Waals surface area (Å²) in [4.78, 5) is 0. The van der Waals surface area contributed by atoms with Crippen molar-refractivity contribution in [2.75, 3.05) is 19.7 Å². The Kier molecular flexibility index (Phi) is 9.85. The fourth-order valence-corrected chi connectivity index (χ4v) is 0.914. The predicted octanol–water partition coefficient (Wildman–Crippen LogP) is 1.35. The highest BCUT2D eigenvalue weighted by molar-refractivity contribution is 4.49. The first-order valence-corrected chi connectivity index (χ1v) is 4.52. The highest BCUT2D eigenvalue weighted by Gasteiger charge is 1.87. The zero-order valence-electron chi connectivity index (χ0n) is 7.31. The molecule has 0 aliphatic heterocycles. The van der Waals surface area contributed by atoms with Gasteiger partial charge in [-0.05, 0) is 38.8 Å². The fourth-order valence-electron chi connectivity index (χ4n) is 0.914. The van der Waals surface area contributed by atoms with Crippen LogP contribution in [0, 0.1) is 6.92 Å². The van der Waals surface area contributed by atoms with E-state index in [1.807, 2.05) is 0 Å². The van der Waals surface area contributed by atoms with E-state index < -0.39 is 0 Å². The van der Waals surface area contributed by atoms with E-state index in [1.54, 1.807) is 0 Å². The maximum absolute atomic E-state index is 8.48. The Bertz CT molecular complexity index is 58.6. The second-order valence-electron chi connectivity index (χ2n) is 2.74. The Morgan fingerprint density at radius 3 is 2.36 bits per heavy atom. The zero-order chi connectivity index (χ0) is 8.36. The Morgan fingerprint density at radius 2 is 1.73 bits per heavy atom. The molecule has 0 aromatic carbocycles. The molecule has 0 bridgehead atoms. The molecule has 0 saturated carbocycles. The fraction of sp³-hybridized carbons (Fsp3) is 0.889. The van der Waals surface area contributed by atoms with Crippen molar-refractivity contribution in [3.05, 3.63) is 6.92 Å². The summed E-state index contributed by atoms with van der Waals surface area (Å²) in [6.07, 6.45) is 5.44. The van der Waals surface area contributed by atoms with Crippen molar-refractivity contribution in [2.45, 2.75) is 32.1 Å². The third kappa shape index (κ3) is 9.92. The lowest BCUT2D eigenvalue weighted by atomic mass is 10.2. The molecule has 0 rings (SSSR count). The molecule has 2 N–H and O–H groups in total. The smallest absolute Gasteiger partial charge is 0.0431 e. The van der Waals surface area contributed by atoms with Gasteiger partial charge in [0.05, 0.1) is 0 Å². The summed E-state index contributed by atoms with van der Waals surface area (Å²) in [6, 6.07) is 0. The SMILES string of the molecule is [CH2]CCCNCCCCCO. The van der Waals surface area contributed by atoms with Crippen LogP contribution in [0.4, 0.5) is 0 Å². The van der Waals surface area contributed by atoms with Gasteiger partial charge in [-0.2, -0.15) is 0 Å². The van der Waals surface area contributed by atoms with Gasteiger partial charge >= 0.3 is 0 Å². The molecule has 0 aliphatic carbocycles. The molecule has 0 saturated heterocycles. The molecule has 67 valence electrons. The van der Waals surface area contributed by atoms with Gasteiger partial charge in [0.25, 0.3) is 0 Å². The van der Waals surface area contributed by atoms with Crippen molar-refractivity contribution >= 4 is 0 Å². The monoisotopic (exact) mass is 158 g/mol. The molecule has 0 amide bonds. The summed E-state index contributed by atoms with van der Waals surface area (Å²) in [5.41, 5.74) is 0. The van der Waals surface area contributed by atoms with E-state index in [1.165, 1.54) is 12.8 Å². The van der Waals surface area contributed by atoms with Crippen LogP contribution < -0.4 is 5.32 Å². The van der Waals surface area contributed by atoms with Gasteiger partial charge in [0.1, 0.15) is 0 Å². The van der Waals surface area contributed by atoms with Crippen LogP contribution >= 0.6 is 0 Å². The van der Waals surface area contributed by atoms with Gasteiger partial charge in [-0.3, -0.25) is 0 Å². The van der Waals surface area contributed by atoms with Crippen molar-refractivity contribution in [3.63, 3.8) is 0 Å². The van der Waals surface area contributed by atoms with E-state index in [0.717, 1.165) is 32.4 Å². The van der Waals surface area contributed by atoms with Gasteiger partial charge in [-0.25, -0.2) is 0 Å². The Labute approximate surface area is 70.0 Å². The second-order valence-corrected chi connectivity index (χ2v) is 2.74. The van der Waals surface area contributed by atoms with Crippen LogP contribution in [0.5, 0.6) is 0 Å². The molecule has 0 aliphatic rings. The summed E-state index contributed by atoms with van der Waals surface area (Å²) in [7, 11) is 0. The number of hydrogen-bond donors (Lipinski definition) is 2. The number of aliphatic hydroxyl groups is 1. The maximum Gasteiger partial charge on any atom is 0.0431 e. The van der Waals surface area contributed by atoms with Crippen molar-refractivity contribution in [1.29, 1.82) is 0 Å². The number of nitrogens with one attached hydrogen (secondary N) is 1. The summed E-state index contributed by atoms with van der Waals surface area (Å²) in [6.45, 7) is 6.26. The first-order chi connectivity index (χ1) is 5.41. The van der Waals surface area contributed by atoms with E-state index in [-0.39, 0.29) is 0 Å². The van der Waals surface area contributed by atoms with Crippen LogP contribution in [0.15, 0.2) is 0 Å². The minimum absolute atomic E-state index is 0.332. The van der Waals surface area contributed by atoms with E-state index in [9.17, 15) is 0 Å². The van der Waals surface area contributed by atoms with Crippen LogP contribution in [0.3, 0.4) is 0 Å². The van der Waals surface area contributed by atoms with Gasteiger partial charge in [0, 0.05) is 6.61 Å². The Balaban J connectivity index is 2.69. The lowest BCUT2D eigenvalue weighted by Gasteiger charge is -2.01. The average molecular weight is 158 g/mol. The number of hydrogen-bond acceptors (Lipinski definition) is 2. The first-order valence-electron chi connectivity index (χ1n) is 4.52. The predicted molar refractivity (Wildman–Crippen MR) is 48.4 cm³/mol. The molecule has 2 heteroatoms. The molecule has 0 heterocycles. The molecule has 1 radical (unpaired) electrons. The average Bonchev–Trinajstić information content (AvgIpc) is 2.03. The molecular formula is C9H20NO. The molecule has 11 heavy (non-hydrogen) atoms. The quantitative estimate of drug-likeness (QED) is 0.523. The highest BCUT2D eigenvalue weighted by atomic mass is 16.2. The number of rotatable bonds is 8. The van der Waals surface area contributed by atoms with E-state index in [0.29, 0.717) is 6.61 Å².